The Kier molecular flexibility index (Phi) is 6.03. The van der Waals surface area contributed by atoms with Crippen molar-refractivity contribution in [3.8, 4) is 0 Å². The molecule has 0 saturated heterocycles. The van der Waals surface area contributed by atoms with Crippen molar-refractivity contribution in [1.82, 2.24) is 5.32 Å². The molecule has 1 rings (SSSR count). The topological polar surface area (TPSA) is 131 Å². The third kappa shape index (κ3) is 5.30. The van der Waals surface area contributed by atoms with Gasteiger partial charge in [0.1, 0.15) is 6.61 Å². The van der Waals surface area contributed by atoms with Crippen LogP contribution in [0.3, 0.4) is 0 Å². The first-order valence-electron chi connectivity index (χ1n) is 5.40. The van der Waals surface area contributed by atoms with Crippen LogP contribution in [0.1, 0.15) is 10.4 Å². The van der Waals surface area contributed by atoms with E-state index in [0.717, 1.165) is 3.57 Å². The molecule has 0 atom stereocenters. The minimum Gasteiger partial charge on any atom is -0.478 e. The van der Waals surface area contributed by atoms with Gasteiger partial charge in [0.25, 0.3) is 0 Å². The summed E-state index contributed by atoms with van der Waals surface area (Å²) in [7, 11) is 0. The van der Waals surface area contributed by atoms with Crippen LogP contribution in [0.15, 0.2) is 18.2 Å². The summed E-state index contributed by atoms with van der Waals surface area (Å²) >= 11 is 1.97. The number of benzene rings is 1. The molecule has 0 aliphatic heterocycles. The average molecular weight is 393 g/mol. The summed E-state index contributed by atoms with van der Waals surface area (Å²) in [5.41, 5.74) is 4.90. The van der Waals surface area contributed by atoms with Crippen LogP contribution in [-0.2, 0) is 4.74 Å². The van der Waals surface area contributed by atoms with Crippen molar-refractivity contribution < 1.29 is 24.2 Å². The molecule has 8 nitrogen and oxygen atoms in total. The van der Waals surface area contributed by atoms with E-state index in [9.17, 15) is 14.4 Å². The predicted octanol–water partition coefficient (Wildman–Crippen LogP) is 1.21. The van der Waals surface area contributed by atoms with Gasteiger partial charge in [-0.15, -0.1) is 0 Å². The summed E-state index contributed by atoms with van der Waals surface area (Å²) in [5.74, 6) is -1.14. The molecule has 0 aromatic heterocycles. The van der Waals surface area contributed by atoms with E-state index in [0.29, 0.717) is 0 Å². The number of carboxylic acid groups (broad SMARTS) is 1. The monoisotopic (exact) mass is 393 g/mol. The molecule has 20 heavy (non-hydrogen) atoms. The maximum Gasteiger partial charge on any atom is 0.404 e. The Morgan fingerprint density at radius 2 is 2.05 bits per heavy atom. The summed E-state index contributed by atoms with van der Waals surface area (Å²) in [4.78, 5) is 32.9. The number of carbonyl (C=O) groups excluding carboxylic acids is 2. The summed E-state index contributed by atoms with van der Waals surface area (Å²) < 4.78 is 5.16. The summed E-state index contributed by atoms with van der Waals surface area (Å²) in [5, 5.41) is 13.8. The lowest BCUT2D eigenvalue weighted by atomic mass is 10.2. The van der Waals surface area contributed by atoms with Crippen molar-refractivity contribution in [3.05, 3.63) is 27.3 Å². The zero-order chi connectivity index (χ0) is 15.1. The fraction of sp³-hybridized carbons (Fsp3) is 0.182. The summed E-state index contributed by atoms with van der Waals surface area (Å²) in [6.45, 7) is -0.0111. The van der Waals surface area contributed by atoms with E-state index >= 15 is 0 Å². The predicted molar refractivity (Wildman–Crippen MR) is 78.7 cm³/mol. The lowest BCUT2D eigenvalue weighted by molar-refractivity contribution is 0.0698. The molecule has 3 amide bonds. The molecular formula is C11H12IN3O5. The van der Waals surface area contributed by atoms with Gasteiger partial charge in [0.05, 0.1) is 17.8 Å². The Hall–Kier alpha value is -2.04. The number of nitrogens with two attached hydrogens (primary N) is 1. The number of amides is 3. The van der Waals surface area contributed by atoms with Gasteiger partial charge in [0.2, 0.25) is 0 Å². The highest BCUT2D eigenvalue weighted by Crippen LogP contribution is 2.18. The number of aromatic carboxylic acids is 1. The molecule has 9 heteroatoms. The van der Waals surface area contributed by atoms with E-state index in [1.54, 1.807) is 6.07 Å². The molecular weight excluding hydrogens is 381 g/mol. The van der Waals surface area contributed by atoms with Crippen molar-refractivity contribution >= 4 is 46.4 Å². The molecule has 0 unspecified atom stereocenters. The van der Waals surface area contributed by atoms with Crippen LogP contribution in [0.5, 0.6) is 0 Å². The zero-order valence-electron chi connectivity index (χ0n) is 10.2. The quantitative estimate of drug-likeness (QED) is 0.441. The average Bonchev–Trinajstić information content (AvgIpc) is 2.36. The van der Waals surface area contributed by atoms with E-state index < -0.39 is 18.1 Å². The fourth-order valence-corrected chi connectivity index (χ4v) is 1.78. The molecule has 0 bridgehead atoms. The number of halogens is 1. The van der Waals surface area contributed by atoms with Crippen LogP contribution >= 0.6 is 22.6 Å². The van der Waals surface area contributed by atoms with Gasteiger partial charge in [-0.05, 0) is 40.8 Å². The Balaban J connectivity index is 2.57. The van der Waals surface area contributed by atoms with Crippen molar-refractivity contribution in [2.45, 2.75) is 0 Å². The maximum atomic E-state index is 11.5. The minimum atomic E-state index is -1.14. The van der Waals surface area contributed by atoms with E-state index in [4.69, 9.17) is 10.8 Å². The van der Waals surface area contributed by atoms with Crippen molar-refractivity contribution in [2.24, 2.45) is 5.73 Å². The zero-order valence-corrected chi connectivity index (χ0v) is 12.3. The standard InChI is InChI=1S/C11H12IN3O5/c12-6-1-2-8(7(5-6)9(16)17)15-11(19)14-3-4-20-10(13)18/h1-2,5H,3-4H2,(H2,13,18)(H,16,17)(H2,14,15,19). The van der Waals surface area contributed by atoms with Gasteiger partial charge >= 0.3 is 18.1 Å². The first kappa shape index (κ1) is 16.0. The molecule has 0 saturated carbocycles. The van der Waals surface area contributed by atoms with Crippen molar-refractivity contribution in [2.75, 3.05) is 18.5 Å². The second-order valence-corrected chi connectivity index (χ2v) is 4.79. The number of nitrogens with one attached hydrogen (secondary N) is 2. The van der Waals surface area contributed by atoms with Gasteiger partial charge in [-0.1, -0.05) is 0 Å². The lowest BCUT2D eigenvalue weighted by Gasteiger charge is -2.10. The van der Waals surface area contributed by atoms with Gasteiger partial charge in [-0.2, -0.15) is 0 Å². The number of anilines is 1. The van der Waals surface area contributed by atoms with E-state index in [2.05, 4.69) is 15.4 Å². The van der Waals surface area contributed by atoms with Gasteiger partial charge in [-0.3, -0.25) is 0 Å². The van der Waals surface area contributed by atoms with E-state index in [-0.39, 0.29) is 24.4 Å². The smallest absolute Gasteiger partial charge is 0.404 e. The molecule has 0 fully saturated rings. The number of carbonyl (C=O) groups is 3. The second-order valence-electron chi connectivity index (χ2n) is 3.54. The summed E-state index contributed by atoms with van der Waals surface area (Å²) in [6, 6.07) is 3.99. The Morgan fingerprint density at radius 1 is 1.35 bits per heavy atom. The van der Waals surface area contributed by atoms with Crippen LogP contribution in [0, 0.1) is 3.57 Å². The van der Waals surface area contributed by atoms with Crippen LogP contribution in [0.2, 0.25) is 0 Å². The Bertz CT molecular complexity index is 535. The van der Waals surface area contributed by atoms with Crippen LogP contribution in [0.4, 0.5) is 15.3 Å². The number of rotatable bonds is 5. The SMILES string of the molecule is NC(=O)OCCNC(=O)Nc1ccc(I)cc1C(=O)O. The Morgan fingerprint density at radius 3 is 2.65 bits per heavy atom. The van der Waals surface area contributed by atoms with Crippen molar-refractivity contribution in [3.63, 3.8) is 0 Å². The molecule has 1 aromatic rings. The van der Waals surface area contributed by atoms with Crippen molar-refractivity contribution in [1.29, 1.82) is 0 Å². The Labute approximate surface area is 127 Å². The number of urea groups is 1. The molecule has 0 radical (unpaired) electrons. The molecule has 0 aliphatic rings. The molecule has 1 aromatic carbocycles. The molecule has 5 N–H and O–H groups in total. The van der Waals surface area contributed by atoms with Gasteiger partial charge in [0, 0.05) is 3.57 Å². The van der Waals surface area contributed by atoms with E-state index in [1.807, 2.05) is 22.6 Å². The highest BCUT2D eigenvalue weighted by atomic mass is 127. The number of primary amides is 1. The second kappa shape index (κ2) is 7.53. The molecule has 108 valence electrons. The third-order valence-corrected chi connectivity index (χ3v) is 2.76. The number of hydrogen-bond donors (Lipinski definition) is 4. The first-order chi connectivity index (χ1) is 9.40. The maximum absolute atomic E-state index is 11.5. The molecule has 0 spiro atoms. The van der Waals surface area contributed by atoms with Gasteiger partial charge in [0.15, 0.2) is 0 Å². The van der Waals surface area contributed by atoms with Crippen LogP contribution < -0.4 is 16.4 Å². The third-order valence-electron chi connectivity index (χ3n) is 2.09. The number of carboxylic acids is 1. The van der Waals surface area contributed by atoms with Crippen LogP contribution in [0.25, 0.3) is 0 Å². The fourth-order valence-electron chi connectivity index (χ4n) is 1.29. The molecule has 0 heterocycles. The lowest BCUT2D eigenvalue weighted by Crippen LogP contribution is -2.33. The normalized spacial score (nSPS) is 9.65. The summed E-state index contributed by atoms with van der Waals surface area (Å²) in [6.07, 6.45) is -0.932. The highest BCUT2D eigenvalue weighted by Gasteiger charge is 2.12. The number of ether oxygens (including phenoxy) is 1. The van der Waals surface area contributed by atoms with Gasteiger partial charge < -0.3 is 26.2 Å². The minimum absolute atomic E-state index is 0.0135. The molecule has 0 aliphatic carbocycles. The number of hydrogen-bond acceptors (Lipinski definition) is 4. The van der Waals surface area contributed by atoms with E-state index in [1.165, 1.54) is 12.1 Å². The van der Waals surface area contributed by atoms with Gasteiger partial charge in [-0.25, -0.2) is 14.4 Å². The first-order valence-corrected chi connectivity index (χ1v) is 6.48. The highest BCUT2D eigenvalue weighted by molar-refractivity contribution is 14.1. The largest absolute Gasteiger partial charge is 0.478 e. The van der Waals surface area contributed by atoms with Crippen LogP contribution in [-0.4, -0.2) is 36.4 Å².